The molecule has 1 aromatic rings. The molecule has 0 unspecified atom stereocenters. The number of aromatic carboxylic acids is 2. The first-order chi connectivity index (χ1) is 7.07. The van der Waals surface area contributed by atoms with Crippen LogP contribution in [0.15, 0.2) is 23.5 Å². The van der Waals surface area contributed by atoms with Crippen molar-refractivity contribution in [1.82, 2.24) is 0 Å². The topological polar surface area (TPSA) is 113 Å². The average molecular weight is 211 g/mol. The number of carboxylic acid groups (broad SMARTS) is 2. The normalized spacial score (nSPS) is 9.33. The van der Waals surface area contributed by atoms with Gasteiger partial charge >= 0.3 is 11.9 Å². The number of carboxylic acids is 2. The van der Waals surface area contributed by atoms with Crippen LogP contribution < -0.4 is 4.84 Å². The second kappa shape index (κ2) is 4.18. The molecular formula is C8H5NO6. The van der Waals surface area contributed by atoms with Gasteiger partial charge in [-0.15, -0.1) is 4.91 Å². The van der Waals surface area contributed by atoms with Crippen LogP contribution in [0.1, 0.15) is 20.7 Å². The third-order valence-electron chi connectivity index (χ3n) is 1.61. The molecule has 0 saturated carbocycles. The van der Waals surface area contributed by atoms with Crippen LogP contribution in [0.4, 0.5) is 0 Å². The highest BCUT2D eigenvalue weighted by atomic mass is 16.7. The fourth-order valence-corrected chi connectivity index (χ4v) is 1.05. The zero-order valence-corrected chi connectivity index (χ0v) is 7.21. The van der Waals surface area contributed by atoms with Gasteiger partial charge in [-0.05, 0) is 12.1 Å². The molecule has 0 heterocycles. The SMILES string of the molecule is O=NOc1cccc(C(=O)O)c1C(=O)O. The fourth-order valence-electron chi connectivity index (χ4n) is 1.05. The molecule has 0 aromatic heterocycles. The van der Waals surface area contributed by atoms with Gasteiger partial charge in [-0.2, -0.15) is 0 Å². The van der Waals surface area contributed by atoms with E-state index >= 15 is 0 Å². The first kappa shape index (κ1) is 10.6. The average Bonchev–Trinajstić information content (AvgIpc) is 2.17. The first-order valence-corrected chi connectivity index (χ1v) is 3.67. The zero-order valence-electron chi connectivity index (χ0n) is 7.21. The van der Waals surface area contributed by atoms with Gasteiger partial charge in [-0.1, -0.05) is 6.07 Å². The summed E-state index contributed by atoms with van der Waals surface area (Å²) in [7, 11) is 0. The van der Waals surface area contributed by atoms with Crippen LogP contribution in [-0.2, 0) is 0 Å². The molecule has 0 spiro atoms. The molecular weight excluding hydrogens is 206 g/mol. The number of nitrogens with zero attached hydrogens (tertiary/aromatic N) is 1. The molecule has 0 atom stereocenters. The lowest BCUT2D eigenvalue weighted by Crippen LogP contribution is -2.09. The van der Waals surface area contributed by atoms with Gasteiger partial charge in [0.15, 0.2) is 11.1 Å². The summed E-state index contributed by atoms with van der Waals surface area (Å²) in [5.41, 5.74) is -1.08. The Morgan fingerprint density at radius 3 is 2.33 bits per heavy atom. The highest BCUT2D eigenvalue weighted by Gasteiger charge is 2.21. The molecule has 0 aliphatic rings. The number of benzene rings is 1. The maximum Gasteiger partial charge on any atom is 0.340 e. The monoisotopic (exact) mass is 211 g/mol. The number of carbonyl (C=O) groups is 2. The molecule has 0 aliphatic heterocycles. The van der Waals surface area contributed by atoms with E-state index in [4.69, 9.17) is 10.2 Å². The van der Waals surface area contributed by atoms with Crippen LogP contribution in [0.3, 0.4) is 0 Å². The predicted molar refractivity (Wildman–Crippen MR) is 46.8 cm³/mol. The minimum absolute atomic E-state index is 0.405. The summed E-state index contributed by atoms with van der Waals surface area (Å²) >= 11 is 0. The van der Waals surface area contributed by atoms with Gasteiger partial charge in [-0.25, -0.2) is 9.59 Å². The highest BCUT2D eigenvalue weighted by Crippen LogP contribution is 2.22. The predicted octanol–water partition coefficient (Wildman–Crippen LogP) is 1.14. The molecule has 1 aromatic carbocycles. The minimum Gasteiger partial charge on any atom is -0.478 e. The summed E-state index contributed by atoms with van der Waals surface area (Å²) in [5, 5.41) is 19.5. The Labute approximate surface area is 82.8 Å². The molecule has 0 saturated heterocycles. The van der Waals surface area contributed by atoms with E-state index in [2.05, 4.69) is 4.84 Å². The minimum atomic E-state index is -1.51. The summed E-state index contributed by atoms with van der Waals surface area (Å²) < 4.78 is 0. The van der Waals surface area contributed by atoms with E-state index < -0.39 is 28.8 Å². The zero-order chi connectivity index (χ0) is 11.4. The van der Waals surface area contributed by atoms with Crippen LogP contribution in [0.5, 0.6) is 5.75 Å². The smallest absolute Gasteiger partial charge is 0.340 e. The first-order valence-electron chi connectivity index (χ1n) is 3.67. The van der Waals surface area contributed by atoms with Gasteiger partial charge in [0, 0.05) is 0 Å². The van der Waals surface area contributed by atoms with Crippen molar-refractivity contribution in [3.8, 4) is 5.75 Å². The van der Waals surface area contributed by atoms with Crippen molar-refractivity contribution < 1.29 is 24.6 Å². The molecule has 0 bridgehead atoms. The third kappa shape index (κ3) is 2.08. The van der Waals surface area contributed by atoms with Gasteiger partial charge < -0.3 is 15.1 Å². The van der Waals surface area contributed by atoms with Gasteiger partial charge in [-0.3, -0.25) is 0 Å². The standard InChI is InChI=1S/C8H5NO6/c10-7(11)4-2-1-3-5(15-9-14)6(4)8(12)13/h1-3H,(H,10,11)(H,12,13). The maximum atomic E-state index is 10.7. The van der Waals surface area contributed by atoms with Crippen molar-refractivity contribution in [2.24, 2.45) is 5.34 Å². The molecule has 1 rings (SSSR count). The summed E-state index contributed by atoms with van der Waals surface area (Å²) in [6.45, 7) is 0. The van der Waals surface area contributed by atoms with Crippen LogP contribution >= 0.6 is 0 Å². The summed E-state index contributed by atoms with van der Waals surface area (Å²) in [6.07, 6.45) is 0. The molecule has 78 valence electrons. The van der Waals surface area contributed by atoms with Gasteiger partial charge in [0.05, 0.1) is 5.56 Å². The molecule has 0 aliphatic carbocycles. The molecule has 15 heavy (non-hydrogen) atoms. The highest BCUT2D eigenvalue weighted by molar-refractivity contribution is 6.03. The van der Waals surface area contributed by atoms with Crippen LogP contribution in [0.2, 0.25) is 0 Å². The molecule has 7 nitrogen and oxygen atoms in total. The van der Waals surface area contributed by atoms with Crippen molar-refractivity contribution in [3.63, 3.8) is 0 Å². The Kier molecular flexibility index (Phi) is 2.97. The molecule has 0 radical (unpaired) electrons. The number of hydrogen-bond acceptors (Lipinski definition) is 5. The number of rotatable bonds is 4. The van der Waals surface area contributed by atoms with E-state index in [0.717, 1.165) is 12.1 Å². The summed E-state index contributed by atoms with van der Waals surface area (Å²) in [4.78, 5) is 35.3. The van der Waals surface area contributed by atoms with E-state index in [9.17, 15) is 14.5 Å². The Hall–Kier alpha value is -2.44. The molecule has 2 N–H and O–H groups in total. The molecule has 0 amide bonds. The lowest BCUT2D eigenvalue weighted by Gasteiger charge is -2.04. The Balaban J connectivity index is 3.40. The van der Waals surface area contributed by atoms with Crippen LogP contribution in [0.25, 0.3) is 0 Å². The van der Waals surface area contributed by atoms with E-state index in [0.29, 0.717) is 0 Å². The Bertz CT molecular complexity index is 427. The Morgan fingerprint density at radius 2 is 1.87 bits per heavy atom. The lowest BCUT2D eigenvalue weighted by molar-refractivity contribution is 0.0647. The van der Waals surface area contributed by atoms with Crippen molar-refractivity contribution >= 4 is 11.9 Å². The quantitative estimate of drug-likeness (QED) is 0.570. The lowest BCUT2D eigenvalue weighted by atomic mass is 10.1. The van der Waals surface area contributed by atoms with E-state index in [1.807, 2.05) is 5.34 Å². The Morgan fingerprint density at radius 1 is 1.20 bits per heavy atom. The third-order valence-corrected chi connectivity index (χ3v) is 1.61. The van der Waals surface area contributed by atoms with Crippen molar-refractivity contribution in [2.75, 3.05) is 0 Å². The number of hydrogen-bond donors (Lipinski definition) is 2. The van der Waals surface area contributed by atoms with E-state index in [1.165, 1.54) is 6.07 Å². The van der Waals surface area contributed by atoms with E-state index in [-0.39, 0.29) is 0 Å². The second-order valence-electron chi connectivity index (χ2n) is 2.45. The second-order valence-corrected chi connectivity index (χ2v) is 2.45. The summed E-state index contributed by atoms with van der Waals surface area (Å²) in [5.74, 6) is -3.34. The van der Waals surface area contributed by atoms with Crippen molar-refractivity contribution in [1.29, 1.82) is 0 Å². The molecule has 7 heteroatoms. The van der Waals surface area contributed by atoms with E-state index in [1.54, 1.807) is 0 Å². The van der Waals surface area contributed by atoms with Crippen LogP contribution in [-0.4, -0.2) is 22.2 Å². The van der Waals surface area contributed by atoms with Crippen LogP contribution in [0, 0.1) is 4.91 Å². The fraction of sp³-hybridized carbons (Fsp3) is 0. The van der Waals surface area contributed by atoms with Gasteiger partial charge in [0.2, 0.25) is 0 Å². The molecule has 0 fully saturated rings. The largest absolute Gasteiger partial charge is 0.478 e. The van der Waals surface area contributed by atoms with Gasteiger partial charge in [0.25, 0.3) is 0 Å². The van der Waals surface area contributed by atoms with Gasteiger partial charge in [0.1, 0.15) is 5.56 Å². The maximum absolute atomic E-state index is 10.7. The summed E-state index contributed by atoms with van der Waals surface area (Å²) in [6, 6.07) is 3.47. The van der Waals surface area contributed by atoms with Crippen molar-refractivity contribution in [3.05, 3.63) is 34.2 Å². The van der Waals surface area contributed by atoms with Crippen molar-refractivity contribution in [2.45, 2.75) is 0 Å².